The molecule has 1 atom stereocenters. The van der Waals surface area contributed by atoms with Gasteiger partial charge in [-0.2, -0.15) is 0 Å². The average Bonchev–Trinajstić information content (AvgIpc) is 3.04. The summed E-state index contributed by atoms with van der Waals surface area (Å²) in [6, 6.07) is 6.90. The Labute approximate surface area is 147 Å². The van der Waals surface area contributed by atoms with Gasteiger partial charge in [0.05, 0.1) is 0 Å². The van der Waals surface area contributed by atoms with E-state index in [1.165, 1.54) is 0 Å². The molecule has 1 heterocycles. The second-order valence-electron chi connectivity index (χ2n) is 7.09. The van der Waals surface area contributed by atoms with Gasteiger partial charge in [-0.3, -0.25) is 4.79 Å². The molecule has 0 bridgehead atoms. The maximum absolute atomic E-state index is 12.5. The van der Waals surface area contributed by atoms with Crippen LogP contribution < -0.4 is 5.32 Å². The first-order valence-electron chi connectivity index (χ1n) is 9.16. The van der Waals surface area contributed by atoms with Crippen LogP contribution in [0.2, 0.25) is 0 Å². The smallest absolute Gasteiger partial charge is 0.326 e. The summed E-state index contributed by atoms with van der Waals surface area (Å²) in [6.07, 6.45) is 7.14. The summed E-state index contributed by atoms with van der Waals surface area (Å²) in [7, 11) is 0. The van der Waals surface area contributed by atoms with Gasteiger partial charge in [0.2, 0.25) is 5.91 Å². The van der Waals surface area contributed by atoms with Gasteiger partial charge in [-0.1, -0.05) is 31.5 Å². The number of aromatic nitrogens is 1. The van der Waals surface area contributed by atoms with Crippen LogP contribution in [0.25, 0.3) is 10.9 Å². The minimum Gasteiger partial charge on any atom is -0.480 e. The van der Waals surface area contributed by atoms with Gasteiger partial charge in [-0.25, -0.2) is 4.79 Å². The molecule has 1 unspecified atom stereocenters. The molecule has 25 heavy (non-hydrogen) atoms. The molecule has 3 rings (SSSR count). The van der Waals surface area contributed by atoms with E-state index < -0.39 is 12.0 Å². The first-order valence-corrected chi connectivity index (χ1v) is 9.16. The molecule has 5 nitrogen and oxygen atoms in total. The molecule has 5 heteroatoms. The fraction of sp³-hybridized carbons (Fsp3) is 0.500. The lowest BCUT2D eigenvalue weighted by Crippen LogP contribution is -2.45. The molecular weight excluding hydrogens is 316 g/mol. The van der Waals surface area contributed by atoms with E-state index in [0.29, 0.717) is 5.92 Å². The number of aromatic amines is 1. The Bertz CT molecular complexity index is 744. The number of hydrogen-bond acceptors (Lipinski definition) is 2. The van der Waals surface area contributed by atoms with Crippen molar-refractivity contribution in [3.05, 3.63) is 36.0 Å². The lowest BCUT2D eigenvalue weighted by atomic mass is 9.80. The molecule has 1 amide bonds. The van der Waals surface area contributed by atoms with Crippen molar-refractivity contribution in [1.29, 1.82) is 0 Å². The van der Waals surface area contributed by atoms with Crippen LogP contribution in [0.4, 0.5) is 0 Å². The third-order valence-electron chi connectivity index (χ3n) is 5.51. The third-order valence-corrected chi connectivity index (χ3v) is 5.51. The van der Waals surface area contributed by atoms with Gasteiger partial charge in [0.1, 0.15) is 6.04 Å². The Morgan fingerprint density at radius 2 is 1.96 bits per heavy atom. The Morgan fingerprint density at radius 3 is 2.64 bits per heavy atom. The summed E-state index contributed by atoms with van der Waals surface area (Å²) in [6.45, 7) is 2.19. The predicted octanol–water partition coefficient (Wildman–Crippen LogP) is 3.50. The highest BCUT2D eigenvalue weighted by Gasteiger charge is 2.29. The topological polar surface area (TPSA) is 82.2 Å². The molecule has 1 saturated carbocycles. The van der Waals surface area contributed by atoms with Gasteiger partial charge in [-0.05, 0) is 43.2 Å². The molecular formula is C20H26N2O3. The van der Waals surface area contributed by atoms with Crippen LogP contribution in [0, 0.1) is 11.8 Å². The van der Waals surface area contributed by atoms with E-state index in [9.17, 15) is 14.7 Å². The van der Waals surface area contributed by atoms with E-state index in [-0.39, 0.29) is 18.2 Å². The zero-order valence-electron chi connectivity index (χ0n) is 14.6. The SMILES string of the molecule is CCC1CCC(C(=O)NC(Cc2c[nH]c3ccccc23)C(=O)O)CC1. The van der Waals surface area contributed by atoms with Crippen molar-refractivity contribution < 1.29 is 14.7 Å². The van der Waals surface area contributed by atoms with Crippen LogP contribution in [-0.2, 0) is 16.0 Å². The lowest BCUT2D eigenvalue weighted by molar-refractivity contribution is -0.142. The van der Waals surface area contributed by atoms with Crippen molar-refractivity contribution in [1.82, 2.24) is 10.3 Å². The van der Waals surface area contributed by atoms with Crippen LogP contribution in [0.3, 0.4) is 0 Å². The number of carbonyl (C=O) groups is 2. The second kappa shape index (κ2) is 7.72. The highest BCUT2D eigenvalue weighted by molar-refractivity contribution is 5.87. The highest BCUT2D eigenvalue weighted by atomic mass is 16.4. The summed E-state index contributed by atoms with van der Waals surface area (Å²) in [5, 5.41) is 13.3. The Balaban J connectivity index is 1.65. The van der Waals surface area contributed by atoms with Crippen LogP contribution in [0.15, 0.2) is 30.5 Å². The van der Waals surface area contributed by atoms with E-state index in [2.05, 4.69) is 17.2 Å². The summed E-state index contributed by atoms with van der Waals surface area (Å²) in [5.74, 6) is -0.430. The molecule has 1 fully saturated rings. The molecule has 134 valence electrons. The number of carbonyl (C=O) groups excluding carboxylic acids is 1. The average molecular weight is 342 g/mol. The Morgan fingerprint density at radius 1 is 1.24 bits per heavy atom. The maximum atomic E-state index is 12.5. The van der Waals surface area contributed by atoms with Gasteiger partial charge >= 0.3 is 5.97 Å². The molecule has 0 aliphatic heterocycles. The first-order chi connectivity index (χ1) is 12.1. The second-order valence-corrected chi connectivity index (χ2v) is 7.09. The maximum Gasteiger partial charge on any atom is 0.326 e. The normalized spacial score (nSPS) is 21.8. The number of benzene rings is 1. The minimum atomic E-state index is -0.985. The molecule has 2 aromatic rings. The summed E-state index contributed by atoms with van der Waals surface area (Å²) in [5.41, 5.74) is 1.89. The number of amides is 1. The van der Waals surface area contributed by atoms with Crippen molar-refractivity contribution >= 4 is 22.8 Å². The van der Waals surface area contributed by atoms with Crippen molar-refractivity contribution in [3.63, 3.8) is 0 Å². The number of fused-ring (bicyclic) bond motifs is 1. The van der Waals surface area contributed by atoms with Gasteiger partial charge in [0.15, 0.2) is 0 Å². The fourth-order valence-corrected chi connectivity index (χ4v) is 3.84. The number of carboxylic acids is 1. The molecule has 0 radical (unpaired) electrons. The summed E-state index contributed by atoms with van der Waals surface area (Å²) in [4.78, 5) is 27.3. The van der Waals surface area contributed by atoms with E-state index in [1.54, 1.807) is 0 Å². The van der Waals surface area contributed by atoms with Gasteiger partial charge in [0, 0.05) is 29.4 Å². The van der Waals surface area contributed by atoms with Crippen molar-refractivity contribution in [2.75, 3.05) is 0 Å². The number of para-hydroxylation sites is 1. The van der Waals surface area contributed by atoms with Crippen LogP contribution in [-0.4, -0.2) is 28.0 Å². The molecule has 0 saturated heterocycles. The lowest BCUT2D eigenvalue weighted by Gasteiger charge is -2.28. The van der Waals surface area contributed by atoms with Crippen LogP contribution in [0.5, 0.6) is 0 Å². The number of hydrogen-bond donors (Lipinski definition) is 3. The number of H-pyrrole nitrogens is 1. The van der Waals surface area contributed by atoms with E-state index in [0.717, 1.165) is 48.6 Å². The van der Waals surface area contributed by atoms with Crippen molar-refractivity contribution in [2.24, 2.45) is 11.8 Å². The quantitative estimate of drug-likeness (QED) is 0.751. The Hall–Kier alpha value is -2.30. The summed E-state index contributed by atoms with van der Waals surface area (Å²) < 4.78 is 0. The zero-order valence-corrected chi connectivity index (χ0v) is 14.6. The largest absolute Gasteiger partial charge is 0.480 e. The number of rotatable bonds is 6. The number of carboxylic acid groups (broad SMARTS) is 1. The van der Waals surface area contributed by atoms with Gasteiger partial charge in [-0.15, -0.1) is 0 Å². The molecule has 1 aromatic carbocycles. The first kappa shape index (κ1) is 17.5. The van der Waals surface area contributed by atoms with Gasteiger partial charge < -0.3 is 15.4 Å². The fourth-order valence-electron chi connectivity index (χ4n) is 3.84. The summed E-state index contributed by atoms with van der Waals surface area (Å²) >= 11 is 0. The van der Waals surface area contributed by atoms with Crippen molar-refractivity contribution in [3.8, 4) is 0 Å². The number of nitrogens with one attached hydrogen (secondary N) is 2. The molecule has 0 spiro atoms. The zero-order chi connectivity index (χ0) is 17.8. The highest BCUT2D eigenvalue weighted by Crippen LogP contribution is 2.30. The third kappa shape index (κ3) is 4.03. The molecule has 1 aliphatic rings. The Kier molecular flexibility index (Phi) is 5.41. The van der Waals surface area contributed by atoms with Gasteiger partial charge in [0.25, 0.3) is 0 Å². The van der Waals surface area contributed by atoms with Crippen LogP contribution >= 0.6 is 0 Å². The van der Waals surface area contributed by atoms with E-state index in [4.69, 9.17) is 0 Å². The molecule has 1 aromatic heterocycles. The molecule has 3 N–H and O–H groups in total. The number of aliphatic carboxylic acids is 1. The van der Waals surface area contributed by atoms with Crippen molar-refractivity contribution in [2.45, 2.75) is 51.5 Å². The standard InChI is InChI=1S/C20H26N2O3/c1-2-13-7-9-14(10-8-13)19(23)22-18(20(24)25)11-15-12-21-17-6-4-3-5-16(15)17/h3-6,12-14,18,21H,2,7-11H2,1H3,(H,22,23)(H,24,25). The van der Waals surface area contributed by atoms with E-state index in [1.807, 2.05) is 30.5 Å². The van der Waals surface area contributed by atoms with Crippen LogP contribution in [0.1, 0.15) is 44.6 Å². The predicted molar refractivity (Wildman–Crippen MR) is 97.3 cm³/mol. The molecule has 1 aliphatic carbocycles. The minimum absolute atomic E-state index is 0.0485. The van der Waals surface area contributed by atoms with E-state index >= 15 is 0 Å². The monoisotopic (exact) mass is 342 g/mol.